The molecule has 0 saturated carbocycles. The maximum Gasteiger partial charge on any atom is 0.394 e. The number of halogens is 1. The van der Waals surface area contributed by atoms with Crippen molar-refractivity contribution in [3.05, 3.63) is 34.3 Å². The van der Waals surface area contributed by atoms with Crippen molar-refractivity contribution in [2.24, 2.45) is 5.73 Å². The Morgan fingerprint density at radius 2 is 2.00 bits per heavy atom. The van der Waals surface area contributed by atoms with Gasteiger partial charge < -0.3 is 5.73 Å². The molecule has 1 aromatic carbocycles. The summed E-state index contributed by atoms with van der Waals surface area (Å²) in [5.74, 6) is 0.120. The number of nitrogens with one attached hydrogen (secondary N) is 1. The summed E-state index contributed by atoms with van der Waals surface area (Å²) in [5, 5.41) is 8.69. The smallest absolute Gasteiger partial charge is 0.338 e. The third-order valence-corrected chi connectivity index (χ3v) is 1.94. The molecule has 1 aromatic rings. The van der Waals surface area contributed by atoms with Crippen LogP contribution in [0.4, 0.5) is 0 Å². The van der Waals surface area contributed by atoms with Gasteiger partial charge in [-0.25, -0.2) is 5.41 Å². The Kier molecular flexibility index (Phi) is 6.92. The van der Waals surface area contributed by atoms with Crippen LogP contribution in [0.2, 0.25) is 0 Å². The van der Waals surface area contributed by atoms with Crippen LogP contribution in [0.1, 0.15) is 5.56 Å². The van der Waals surface area contributed by atoms with Gasteiger partial charge in [0.1, 0.15) is 6.54 Å². The minimum atomic E-state index is -4.67. The Labute approximate surface area is 107 Å². The number of hydrogen-bond donors (Lipinski definition) is 5. The fraction of sp³-hybridized carbons (Fsp3) is 0.125. The molecule has 1 rings (SSSR count). The van der Waals surface area contributed by atoms with E-state index in [1.54, 1.807) is 5.32 Å². The van der Waals surface area contributed by atoms with Gasteiger partial charge in [-0.2, -0.15) is 8.42 Å². The first-order valence-corrected chi connectivity index (χ1v) is 6.49. The Bertz CT molecular complexity index is 469. The quantitative estimate of drug-likeness (QED) is 0.289. The van der Waals surface area contributed by atoms with Gasteiger partial charge in [0.05, 0.1) is 0 Å². The number of nitrogens with two attached hydrogens (primary N) is 2. The lowest BCUT2D eigenvalue weighted by Gasteiger charge is -1.98. The summed E-state index contributed by atoms with van der Waals surface area (Å²) in [5.41, 5.74) is 6.35. The SMILES string of the molecule is N=C(N)[NH2+]Cc1cccc(Br)c1.O=S(=O)(O)O. The van der Waals surface area contributed by atoms with Crippen molar-refractivity contribution >= 4 is 32.3 Å². The van der Waals surface area contributed by atoms with Gasteiger partial charge in [0, 0.05) is 10.0 Å². The molecular weight excluding hydrogens is 314 g/mol. The summed E-state index contributed by atoms with van der Waals surface area (Å²) in [6.07, 6.45) is 0. The molecule has 9 heteroatoms. The van der Waals surface area contributed by atoms with Gasteiger partial charge in [0.2, 0.25) is 0 Å². The van der Waals surface area contributed by atoms with Crippen LogP contribution in [-0.2, 0) is 16.9 Å². The summed E-state index contributed by atoms with van der Waals surface area (Å²) >= 11 is 3.37. The highest BCUT2D eigenvalue weighted by molar-refractivity contribution is 9.10. The number of rotatable bonds is 2. The fourth-order valence-corrected chi connectivity index (χ4v) is 1.34. The van der Waals surface area contributed by atoms with Crippen LogP contribution >= 0.6 is 15.9 Å². The van der Waals surface area contributed by atoms with E-state index in [9.17, 15) is 0 Å². The maximum absolute atomic E-state index is 8.74. The van der Waals surface area contributed by atoms with Gasteiger partial charge >= 0.3 is 10.4 Å². The molecular formula is C8H13BrN3O4S+. The summed E-state index contributed by atoms with van der Waals surface area (Å²) in [6.45, 7) is 0.717. The van der Waals surface area contributed by atoms with Crippen LogP contribution in [0.3, 0.4) is 0 Å². The highest BCUT2D eigenvalue weighted by Crippen LogP contribution is 2.10. The van der Waals surface area contributed by atoms with Crippen LogP contribution in [0.25, 0.3) is 0 Å². The first-order valence-electron chi connectivity index (χ1n) is 4.30. The van der Waals surface area contributed by atoms with Gasteiger partial charge in [-0.3, -0.25) is 14.4 Å². The molecule has 0 spiro atoms. The van der Waals surface area contributed by atoms with E-state index in [1.165, 1.54) is 0 Å². The molecule has 0 heterocycles. The maximum atomic E-state index is 8.74. The average Bonchev–Trinajstić information content (AvgIpc) is 2.12. The monoisotopic (exact) mass is 326 g/mol. The van der Waals surface area contributed by atoms with E-state index in [-0.39, 0.29) is 5.96 Å². The molecule has 96 valence electrons. The van der Waals surface area contributed by atoms with Crippen LogP contribution in [0.5, 0.6) is 0 Å². The average molecular weight is 327 g/mol. The Balaban J connectivity index is 0.000000437. The predicted molar refractivity (Wildman–Crippen MR) is 65.9 cm³/mol. The van der Waals surface area contributed by atoms with E-state index in [0.717, 1.165) is 16.6 Å². The molecule has 17 heavy (non-hydrogen) atoms. The van der Waals surface area contributed by atoms with Crippen molar-refractivity contribution in [2.75, 3.05) is 0 Å². The molecule has 0 saturated heterocycles. The molecule has 0 amide bonds. The van der Waals surface area contributed by atoms with Crippen LogP contribution < -0.4 is 11.1 Å². The van der Waals surface area contributed by atoms with Crippen LogP contribution in [-0.4, -0.2) is 23.5 Å². The molecule has 0 aliphatic carbocycles. The third kappa shape index (κ3) is 12.9. The molecule has 0 aliphatic rings. The van der Waals surface area contributed by atoms with Crippen molar-refractivity contribution < 1.29 is 22.8 Å². The van der Waals surface area contributed by atoms with E-state index in [2.05, 4.69) is 15.9 Å². The molecule has 0 aliphatic heterocycles. The van der Waals surface area contributed by atoms with Crippen molar-refractivity contribution in [3.63, 3.8) is 0 Å². The summed E-state index contributed by atoms with van der Waals surface area (Å²) in [7, 11) is -4.67. The highest BCUT2D eigenvalue weighted by atomic mass is 79.9. The van der Waals surface area contributed by atoms with Gasteiger partial charge in [-0.05, 0) is 12.1 Å². The Hall–Kier alpha value is -1.00. The van der Waals surface area contributed by atoms with Gasteiger partial charge in [-0.1, -0.05) is 28.1 Å². The normalized spacial score (nSPS) is 10.3. The highest BCUT2D eigenvalue weighted by Gasteiger charge is 1.97. The minimum Gasteiger partial charge on any atom is -0.338 e. The van der Waals surface area contributed by atoms with Crippen molar-refractivity contribution in [1.29, 1.82) is 5.41 Å². The summed E-state index contributed by atoms with van der Waals surface area (Å²) < 4.78 is 32.6. The Morgan fingerprint density at radius 3 is 2.41 bits per heavy atom. The second-order valence-corrected chi connectivity index (χ2v) is 4.75. The zero-order valence-electron chi connectivity index (χ0n) is 8.67. The molecule has 0 unspecified atom stereocenters. The van der Waals surface area contributed by atoms with Crippen molar-refractivity contribution in [1.82, 2.24) is 0 Å². The fourth-order valence-electron chi connectivity index (χ4n) is 0.892. The molecule has 0 aromatic heterocycles. The third-order valence-electron chi connectivity index (χ3n) is 1.45. The van der Waals surface area contributed by atoms with E-state index in [4.69, 9.17) is 28.7 Å². The number of quaternary nitrogens is 1. The zero-order chi connectivity index (χ0) is 13.5. The lowest BCUT2D eigenvalue weighted by Crippen LogP contribution is -2.88. The molecule has 0 radical (unpaired) electrons. The van der Waals surface area contributed by atoms with E-state index in [0.29, 0.717) is 0 Å². The number of hydrogen-bond acceptors (Lipinski definition) is 3. The number of guanidine groups is 1. The molecule has 7 nitrogen and oxygen atoms in total. The molecule has 0 bridgehead atoms. The second-order valence-electron chi connectivity index (χ2n) is 2.94. The summed E-state index contributed by atoms with van der Waals surface area (Å²) in [4.78, 5) is 0. The predicted octanol–water partition coefficient (Wildman–Crippen LogP) is -0.247. The molecule has 7 N–H and O–H groups in total. The van der Waals surface area contributed by atoms with Gasteiger partial charge in [0.15, 0.2) is 0 Å². The van der Waals surface area contributed by atoms with E-state index < -0.39 is 10.4 Å². The number of benzene rings is 1. The molecule has 0 fully saturated rings. The topological polar surface area (TPSA) is 141 Å². The molecule has 0 atom stereocenters. The van der Waals surface area contributed by atoms with Crippen LogP contribution in [0.15, 0.2) is 28.7 Å². The van der Waals surface area contributed by atoms with Crippen molar-refractivity contribution in [2.45, 2.75) is 6.54 Å². The summed E-state index contributed by atoms with van der Waals surface area (Å²) in [6, 6.07) is 7.95. The zero-order valence-corrected chi connectivity index (χ0v) is 11.1. The van der Waals surface area contributed by atoms with Crippen molar-refractivity contribution in [3.8, 4) is 0 Å². The standard InChI is InChI=1S/C8H10BrN3.H2O4S/c9-7-3-1-2-6(4-7)5-12-8(10)11;1-5(2,3)4/h1-4H,5H2,(H4,10,11,12);(H2,1,2,3,4)/p+1. The first-order chi connectivity index (χ1) is 7.68. The van der Waals surface area contributed by atoms with E-state index in [1.807, 2.05) is 24.3 Å². The lowest BCUT2D eigenvalue weighted by atomic mass is 10.2. The second kappa shape index (κ2) is 7.35. The first kappa shape index (κ1) is 16.0. The van der Waals surface area contributed by atoms with Crippen LogP contribution in [0, 0.1) is 5.41 Å². The Morgan fingerprint density at radius 1 is 1.47 bits per heavy atom. The van der Waals surface area contributed by atoms with Gasteiger partial charge in [-0.15, -0.1) is 0 Å². The largest absolute Gasteiger partial charge is 0.394 e. The van der Waals surface area contributed by atoms with Gasteiger partial charge in [0.25, 0.3) is 5.96 Å². The van der Waals surface area contributed by atoms with E-state index >= 15 is 0 Å². The lowest BCUT2D eigenvalue weighted by molar-refractivity contribution is -0.560. The minimum absolute atomic E-state index is 0.120.